The zero-order valence-electron chi connectivity index (χ0n) is 11.3. The van der Waals surface area contributed by atoms with Gasteiger partial charge in [0.1, 0.15) is 0 Å². The minimum absolute atomic E-state index is 0.440. The van der Waals surface area contributed by atoms with Gasteiger partial charge in [-0.3, -0.25) is 4.98 Å². The van der Waals surface area contributed by atoms with Crippen LogP contribution < -0.4 is 0 Å². The second kappa shape index (κ2) is 4.85. The Morgan fingerprint density at radius 1 is 0.789 bits per heavy atom. The third-order valence-electron chi connectivity index (χ3n) is 3.46. The van der Waals surface area contributed by atoms with Crippen molar-refractivity contribution in [1.29, 1.82) is 0 Å². The van der Waals surface area contributed by atoms with E-state index in [1.54, 1.807) is 0 Å². The Morgan fingerprint density at radius 2 is 1.42 bits per heavy atom. The molecule has 0 fully saturated rings. The molecule has 1 heteroatoms. The number of fused-ring (bicyclic) bond motifs is 1. The molecule has 0 atom stereocenters. The molecule has 0 N–H and O–H groups in total. The van der Waals surface area contributed by atoms with E-state index in [-0.39, 0.29) is 0 Å². The summed E-state index contributed by atoms with van der Waals surface area (Å²) in [5, 5.41) is 2.55. The molecule has 0 spiro atoms. The van der Waals surface area contributed by atoms with E-state index in [1.807, 2.05) is 12.3 Å². The van der Waals surface area contributed by atoms with E-state index < -0.39 is 0 Å². The summed E-state index contributed by atoms with van der Waals surface area (Å²) in [6.45, 7) is 4.38. The Bertz CT molecular complexity index is 699. The lowest BCUT2D eigenvalue weighted by Crippen LogP contribution is -1.95. The summed E-state index contributed by atoms with van der Waals surface area (Å²) in [7, 11) is 0. The van der Waals surface area contributed by atoms with Gasteiger partial charge in [-0.05, 0) is 16.9 Å². The zero-order valence-corrected chi connectivity index (χ0v) is 11.3. The molecule has 1 nitrogen and oxygen atoms in total. The molecule has 3 aromatic rings. The fraction of sp³-hybridized carbons (Fsp3) is 0.167. The van der Waals surface area contributed by atoms with Crippen LogP contribution in [0, 0.1) is 0 Å². The third-order valence-corrected chi connectivity index (χ3v) is 3.46. The van der Waals surface area contributed by atoms with Gasteiger partial charge in [0.2, 0.25) is 0 Å². The first-order chi connectivity index (χ1) is 9.27. The van der Waals surface area contributed by atoms with Gasteiger partial charge in [0.05, 0.1) is 5.69 Å². The Labute approximate surface area is 113 Å². The molecule has 0 saturated carbocycles. The number of nitrogens with zero attached hydrogens (tertiary/aromatic N) is 1. The highest BCUT2D eigenvalue weighted by Crippen LogP contribution is 2.31. The van der Waals surface area contributed by atoms with Crippen molar-refractivity contribution in [3.63, 3.8) is 0 Å². The molecule has 94 valence electrons. The van der Waals surface area contributed by atoms with Crippen LogP contribution in [0.4, 0.5) is 0 Å². The number of rotatable bonds is 2. The number of hydrogen-bond acceptors (Lipinski definition) is 1. The van der Waals surface area contributed by atoms with Crippen molar-refractivity contribution < 1.29 is 0 Å². The van der Waals surface area contributed by atoms with E-state index in [9.17, 15) is 0 Å². The van der Waals surface area contributed by atoms with Gasteiger partial charge in [-0.2, -0.15) is 0 Å². The maximum atomic E-state index is 4.68. The highest BCUT2D eigenvalue weighted by atomic mass is 14.7. The monoisotopic (exact) mass is 247 g/mol. The Balaban J connectivity index is 2.31. The van der Waals surface area contributed by atoms with E-state index in [1.165, 1.54) is 27.6 Å². The fourth-order valence-corrected chi connectivity index (χ4v) is 2.52. The number of hydrogen-bond donors (Lipinski definition) is 0. The summed E-state index contributed by atoms with van der Waals surface area (Å²) in [5.74, 6) is 0.440. The molecule has 19 heavy (non-hydrogen) atoms. The molecule has 2 aromatic carbocycles. The van der Waals surface area contributed by atoms with Crippen LogP contribution in [-0.4, -0.2) is 4.98 Å². The predicted octanol–water partition coefficient (Wildman–Crippen LogP) is 5.03. The smallest absolute Gasteiger partial charge is 0.0507 e. The number of benzene rings is 2. The van der Waals surface area contributed by atoms with E-state index in [2.05, 4.69) is 67.4 Å². The molecule has 0 aliphatic rings. The molecule has 1 aromatic heterocycles. The summed E-state index contributed by atoms with van der Waals surface area (Å²) in [5.41, 5.74) is 3.61. The van der Waals surface area contributed by atoms with Crippen LogP contribution in [0.3, 0.4) is 0 Å². The minimum atomic E-state index is 0.440. The van der Waals surface area contributed by atoms with E-state index >= 15 is 0 Å². The summed E-state index contributed by atoms with van der Waals surface area (Å²) in [6.07, 6.45) is 2.01. The maximum absolute atomic E-state index is 4.68. The molecular formula is C18H17N. The van der Waals surface area contributed by atoms with Crippen molar-refractivity contribution in [2.24, 2.45) is 0 Å². The minimum Gasteiger partial charge on any atom is -0.260 e. The lowest BCUT2D eigenvalue weighted by Gasteiger charge is -2.12. The van der Waals surface area contributed by atoms with Crippen molar-refractivity contribution in [3.8, 4) is 11.1 Å². The van der Waals surface area contributed by atoms with Crippen molar-refractivity contribution in [2.45, 2.75) is 19.8 Å². The first-order valence-corrected chi connectivity index (χ1v) is 6.70. The molecular weight excluding hydrogens is 230 g/mol. The van der Waals surface area contributed by atoms with E-state index in [4.69, 9.17) is 0 Å². The predicted molar refractivity (Wildman–Crippen MR) is 81.3 cm³/mol. The Hall–Kier alpha value is -2.15. The van der Waals surface area contributed by atoms with Crippen LogP contribution in [0.2, 0.25) is 0 Å². The second-order valence-electron chi connectivity index (χ2n) is 5.12. The first-order valence-electron chi connectivity index (χ1n) is 6.70. The van der Waals surface area contributed by atoms with Crippen molar-refractivity contribution >= 4 is 10.8 Å². The van der Waals surface area contributed by atoms with E-state index in [0.717, 1.165) is 0 Å². The number of aromatic nitrogens is 1. The maximum Gasteiger partial charge on any atom is 0.0507 e. The quantitative estimate of drug-likeness (QED) is 0.619. The van der Waals surface area contributed by atoms with Crippen LogP contribution in [0.1, 0.15) is 25.5 Å². The Morgan fingerprint density at radius 3 is 2.11 bits per heavy atom. The van der Waals surface area contributed by atoms with Crippen molar-refractivity contribution in [1.82, 2.24) is 4.98 Å². The zero-order chi connectivity index (χ0) is 13.2. The first kappa shape index (κ1) is 11.9. The van der Waals surface area contributed by atoms with Crippen LogP contribution in [0.15, 0.2) is 60.8 Å². The normalized spacial score (nSPS) is 11.1. The molecule has 1 heterocycles. The summed E-state index contributed by atoms with van der Waals surface area (Å²) in [4.78, 5) is 4.68. The SMILES string of the molecule is CC(C)c1ncc(-c2ccccc2)c2ccccc12. The van der Waals surface area contributed by atoms with Crippen LogP contribution in [0.5, 0.6) is 0 Å². The lowest BCUT2D eigenvalue weighted by molar-refractivity contribution is 0.835. The van der Waals surface area contributed by atoms with Crippen LogP contribution in [0.25, 0.3) is 21.9 Å². The molecule has 0 bridgehead atoms. The number of pyridine rings is 1. The largest absolute Gasteiger partial charge is 0.260 e. The van der Waals surface area contributed by atoms with Gasteiger partial charge in [0.15, 0.2) is 0 Å². The molecule has 0 aliphatic carbocycles. The molecule has 3 rings (SSSR count). The van der Waals surface area contributed by atoms with Gasteiger partial charge >= 0.3 is 0 Å². The van der Waals surface area contributed by atoms with Crippen molar-refractivity contribution in [3.05, 3.63) is 66.5 Å². The molecule has 0 amide bonds. The molecule has 0 radical (unpaired) electrons. The average Bonchev–Trinajstić information content (AvgIpc) is 2.47. The van der Waals surface area contributed by atoms with Gasteiger partial charge in [-0.15, -0.1) is 0 Å². The van der Waals surface area contributed by atoms with Gasteiger partial charge in [0.25, 0.3) is 0 Å². The molecule has 0 aliphatic heterocycles. The average molecular weight is 247 g/mol. The summed E-state index contributed by atoms with van der Waals surface area (Å²) < 4.78 is 0. The second-order valence-corrected chi connectivity index (χ2v) is 5.12. The highest BCUT2D eigenvalue weighted by molar-refractivity contribution is 5.97. The molecule has 0 unspecified atom stereocenters. The summed E-state index contributed by atoms with van der Waals surface area (Å²) in [6, 6.07) is 19.0. The Kier molecular flexibility index (Phi) is 3.04. The van der Waals surface area contributed by atoms with Crippen molar-refractivity contribution in [2.75, 3.05) is 0 Å². The van der Waals surface area contributed by atoms with E-state index in [0.29, 0.717) is 5.92 Å². The van der Waals surface area contributed by atoms with Crippen LogP contribution >= 0.6 is 0 Å². The standard InChI is InChI=1S/C18H17N/c1-13(2)18-16-11-7-6-10-15(16)17(12-19-18)14-8-4-3-5-9-14/h3-13H,1-2H3. The van der Waals surface area contributed by atoms with Gasteiger partial charge in [-0.1, -0.05) is 68.4 Å². The van der Waals surface area contributed by atoms with Gasteiger partial charge in [-0.25, -0.2) is 0 Å². The fourth-order valence-electron chi connectivity index (χ4n) is 2.52. The van der Waals surface area contributed by atoms with Gasteiger partial charge < -0.3 is 0 Å². The third kappa shape index (κ3) is 2.12. The lowest BCUT2D eigenvalue weighted by atomic mass is 9.96. The molecule has 0 saturated heterocycles. The summed E-state index contributed by atoms with van der Waals surface area (Å²) >= 11 is 0. The topological polar surface area (TPSA) is 12.9 Å². The van der Waals surface area contributed by atoms with Crippen LogP contribution in [-0.2, 0) is 0 Å². The van der Waals surface area contributed by atoms with Gasteiger partial charge in [0, 0.05) is 17.1 Å². The highest BCUT2D eigenvalue weighted by Gasteiger charge is 2.10.